The van der Waals surface area contributed by atoms with Gasteiger partial charge in [-0.25, -0.2) is 4.21 Å². The average Bonchev–Trinajstić information content (AvgIpc) is 2.66. The summed E-state index contributed by atoms with van der Waals surface area (Å²) in [5.74, 6) is 0. The first kappa shape index (κ1) is 21.9. The molecule has 4 nitrogen and oxygen atoms in total. The summed E-state index contributed by atoms with van der Waals surface area (Å²) < 4.78 is 18.8. The van der Waals surface area contributed by atoms with Crippen LogP contribution in [0.3, 0.4) is 0 Å². The van der Waals surface area contributed by atoms with E-state index in [0.29, 0.717) is 11.4 Å². The Hall–Kier alpha value is -2.11. The second kappa shape index (κ2) is 12.3. The van der Waals surface area contributed by atoms with E-state index in [1.807, 2.05) is 70.2 Å². The van der Waals surface area contributed by atoms with Crippen LogP contribution in [0, 0.1) is 0 Å². The number of benzene rings is 2. The summed E-state index contributed by atoms with van der Waals surface area (Å²) >= 11 is -1.61. The van der Waals surface area contributed by atoms with Crippen LogP contribution < -0.4 is 10.5 Å². The summed E-state index contributed by atoms with van der Waals surface area (Å²) in [6.45, 7) is 12.1. The van der Waals surface area contributed by atoms with Crippen LogP contribution in [-0.2, 0) is 15.4 Å². The summed E-state index contributed by atoms with van der Waals surface area (Å²) in [5.41, 5.74) is 9.70. The maximum Gasteiger partial charge on any atom is 0.261 e. The molecule has 0 heterocycles. The highest BCUT2D eigenvalue weighted by Crippen LogP contribution is 2.27. The molecule has 0 saturated carbocycles. The van der Waals surface area contributed by atoms with Crippen LogP contribution in [-0.4, -0.2) is 11.3 Å². The molecule has 132 valence electrons. The van der Waals surface area contributed by atoms with Gasteiger partial charge in [0.25, 0.3) is 11.3 Å². The molecule has 2 aromatic rings. The number of nitrogen functional groups attached to an aromatic ring is 1. The zero-order chi connectivity index (χ0) is 18.5. The SMILES string of the molecule is C=C(c1ccccc1)c1ccc(N)c(NS(=O)OC)c1.CC.CC. The largest absolute Gasteiger partial charge is 0.397 e. The smallest absolute Gasteiger partial charge is 0.261 e. The highest BCUT2D eigenvalue weighted by molar-refractivity contribution is 7.81. The Kier molecular flexibility index (Phi) is 11.2. The lowest BCUT2D eigenvalue weighted by molar-refractivity contribution is 0.449. The van der Waals surface area contributed by atoms with Gasteiger partial charge in [0.2, 0.25) is 0 Å². The molecule has 0 saturated heterocycles. The Morgan fingerprint density at radius 3 is 2.17 bits per heavy atom. The fraction of sp³-hybridized carbons (Fsp3) is 0.263. The highest BCUT2D eigenvalue weighted by atomic mass is 32.2. The predicted octanol–water partition coefficient (Wildman–Crippen LogP) is 5.02. The van der Waals surface area contributed by atoms with Gasteiger partial charge < -0.3 is 5.73 Å². The molecule has 0 radical (unpaired) electrons. The predicted molar refractivity (Wildman–Crippen MR) is 107 cm³/mol. The second-order valence-electron chi connectivity index (χ2n) is 4.15. The third kappa shape index (κ3) is 6.56. The molecule has 0 bridgehead atoms. The van der Waals surface area contributed by atoms with Crippen LogP contribution in [0.2, 0.25) is 0 Å². The van der Waals surface area contributed by atoms with E-state index in [2.05, 4.69) is 15.5 Å². The summed E-state index contributed by atoms with van der Waals surface area (Å²) in [4.78, 5) is 0. The summed E-state index contributed by atoms with van der Waals surface area (Å²) in [7, 11) is 1.35. The van der Waals surface area contributed by atoms with Crippen molar-refractivity contribution in [3.8, 4) is 0 Å². The third-order valence-electron chi connectivity index (χ3n) is 2.87. The minimum Gasteiger partial charge on any atom is -0.397 e. The van der Waals surface area contributed by atoms with Gasteiger partial charge in [-0.05, 0) is 28.8 Å². The van der Waals surface area contributed by atoms with Crippen molar-refractivity contribution in [2.24, 2.45) is 0 Å². The van der Waals surface area contributed by atoms with Crippen molar-refractivity contribution in [1.29, 1.82) is 0 Å². The zero-order valence-corrected chi connectivity index (χ0v) is 15.9. The second-order valence-corrected chi connectivity index (χ2v) is 5.16. The molecule has 1 atom stereocenters. The van der Waals surface area contributed by atoms with Crippen LogP contribution in [0.1, 0.15) is 38.8 Å². The summed E-state index contributed by atoms with van der Waals surface area (Å²) in [5, 5.41) is 0. The van der Waals surface area contributed by atoms with Crippen LogP contribution >= 0.6 is 0 Å². The average molecular weight is 349 g/mol. The van der Waals surface area contributed by atoms with E-state index in [-0.39, 0.29) is 0 Å². The maximum absolute atomic E-state index is 11.4. The molecular formula is C19H28N2O2S. The lowest BCUT2D eigenvalue weighted by Crippen LogP contribution is -2.07. The van der Waals surface area contributed by atoms with Crippen LogP contribution in [0.4, 0.5) is 11.4 Å². The fourth-order valence-electron chi connectivity index (χ4n) is 1.77. The first-order valence-electron chi connectivity index (χ1n) is 7.99. The van der Waals surface area contributed by atoms with Gasteiger partial charge in [0.15, 0.2) is 0 Å². The van der Waals surface area contributed by atoms with E-state index < -0.39 is 11.3 Å². The van der Waals surface area contributed by atoms with Gasteiger partial charge in [-0.3, -0.25) is 8.91 Å². The Bertz CT molecular complexity index is 643. The van der Waals surface area contributed by atoms with Crippen molar-refractivity contribution >= 4 is 28.2 Å². The summed E-state index contributed by atoms with van der Waals surface area (Å²) in [6, 6.07) is 15.3. The van der Waals surface area contributed by atoms with Crippen LogP contribution in [0.15, 0.2) is 55.1 Å². The van der Waals surface area contributed by atoms with Gasteiger partial charge in [-0.15, -0.1) is 0 Å². The normalized spacial score (nSPS) is 10.4. The molecule has 0 amide bonds. The molecule has 0 aliphatic heterocycles. The lowest BCUT2D eigenvalue weighted by Gasteiger charge is -2.11. The fourth-order valence-corrected chi connectivity index (χ4v) is 2.21. The molecule has 1 unspecified atom stereocenters. The minimum atomic E-state index is -1.61. The number of hydrogen-bond acceptors (Lipinski definition) is 3. The van der Waals surface area contributed by atoms with E-state index >= 15 is 0 Å². The molecule has 0 fully saturated rings. The van der Waals surface area contributed by atoms with E-state index in [1.165, 1.54) is 7.11 Å². The topological polar surface area (TPSA) is 64.3 Å². The summed E-state index contributed by atoms with van der Waals surface area (Å²) in [6.07, 6.45) is 0. The number of nitrogens with one attached hydrogen (secondary N) is 1. The number of hydrogen-bond donors (Lipinski definition) is 2. The molecule has 5 heteroatoms. The first-order valence-corrected chi connectivity index (χ1v) is 9.06. The Labute approximate surface area is 148 Å². The van der Waals surface area contributed by atoms with Crippen molar-refractivity contribution in [2.75, 3.05) is 17.6 Å². The highest BCUT2D eigenvalue weighted by Gasteiger charge is 2.07. The van der Waals surface area contributed by atoms with E-state index in [4.69, 9.17) is 5.73 Å². The molecule has 24 heavy (non-hydrogen) atoms. The van der Waals surface area contributed by atoms with Gasteiger partial charge in [-0.1, -0.05) is 70.7 Å². The Morgan fingerprint density at radius 1 is 1.04 bits per heavy atom. The molecule has 0 aliphatic rings. The Morgan fingerprint density at radius 2 is 1.62 bits per heavy atom. The maximum atomic E-state index is 11.4. The first-order chi connectivity index (χ1) is 11.6. The monoisotopic (exact) mass is 348 g/mol. The molecule has 0 aliphatic carbocycles. The minimum absolute atomic E-state index is 0.500. The number of rotatable bonds is 5. The quantitative estimate of drug-likeness (QED) is 0.746. The zero-order valence-electron chi connectivity index (χ0n) is 15.1. The van der Waals surface area contributed by atoms with Crippen LogP contribution in [0.5, 0.6) is 0 Å². The van der Waals surface area contributed by atoms with Gasteiger partial charge in [0, 0.05) is 0 Å². The molecule has 2 aromatic carbocycles. The molecule has 2 rings (SSSR count). The molecular weight excluding hydrogens is 320 g/mol. The van der Waals surface area contributed by atoms with Gasteiger partial charge in [0.1, 0.15) is 0 Å². The van der Waals surface area contributed by atoms with Crippen molar-refractivity contribution in [2.45, 2.75) is 27.7 Å². The van der Waals surface area contributed by atoms with Crippen molar-refractivity contribution in [1.82, 2.24) is 0 Å². The van der Waals surface area contributed by atoms with Crippen molar-refractivity contribution in [3.05, 3.63) is 66.2 Å². The molecule has 0 spiro atoms. The Balaban J connectivity index is 0.00000123. The van der Waals surface area contributed by atoms with Gasteiger partial charge in [-0.2, -0.15) is 0 Å². The number of nitrogens with two attached hydrogens (primary N) is 1. The van der Waals surface area contributed by atoms with Crippen molar-refractivity contribution in [3.63, 3.8) is 0 Å². The van der Waals surface area contributed by atoms with Gasteiger partial charge >= 0.3 is 0 Å². The van der Waals surface area contributed by atoms with Crippen molar-refractivity contribution < 1.29 is 8.39 Å². The third-order valence-corrected chi connectivity index (χ3v) is 3.56. The van der Waals surface area contributed by atoms with E-state index in [9.17, 15) is 4.21 Å². The van der Waals surface area contributed by atoms with E-state index in [1.54, 1.807) is 6.07 Å². The molecule has 0 aromatic heterocycles. The van der Waals surface area contributed by atoms with E-state index in [0.717, 1.165) is 16.7 Å². The number of anilines is 2. The standard InChI is InChI=1S/C15H16N2O2S.2C2H6/c1-11(12-6-4-3-5-7-12)13-8-9-14(16)15(10-13)17-20(18)19-2;2*1-2/h3-10,17H,1,16H2,2H3;2*1-2H3. The molecule has 3 N–H and O–H groups in total. The van der Waals surface area contributed by atoms with Crippen LogP contribution in [0.25, 0.3) is 5.57 Å². The lowest BCUT2D eigenvalue weighted by atomic mass is 9.99. The van der Waals surface area contributed by atoms with Gasteiger partial charge in [0.05, 0.1) is 18.5 Å².